The van der Waals surface area contributed by atoms with Gasteiger partial charge in [-0.3, -0.25) is 9.59 Å². The van der Waals surface area contributed by atoms with Crippen molar-refractivity contribution in [1.29, 1.82) is 0 Å². The molecule has 0 atom stereocenters. The van der Waals surface area contributed by atoms with Crippen molar-refractivity contribution in [2.45, 2.75) is 13.1 Å². The fourth-order valence-corrected chi connectivity index (χ4v) is 3.65. The van der Waals surface area contributed by atoms with E-state index in [2.05, 4.69) is 10.6 Å². The van der Waals surface area contributed by atoms with Gasteiger partial charge >= 0.3 is 0 Å². The van der Waals surface area contributed by atoms with Crippen molar-refractivity contribution in [1.82, 2.24) is 9.62 Å². The average molecular weight is 459 g/mol. The summed E-state index contributed by atoms with van der Waals surface area (Å²) in [6.45, 7) is -0.682. The number of furan rings is 1. The summed E-state index contributed by atoms with van der Waals surface area (Å²) in [5, 5.41) is 5.25. The van der Waals surface area contributed by atoms with E-state index in [1.54, 1.807) is 30.3 Å². The Labute approximate surface area is 185 Å². The Balaban J connectivity index is 1.70. The summed E-state index contributed by atoms with van der Waals surface area (Å²) in [4.78, 5) is 25.2. The molecule has 32 heavy (non-hydrogen) atoms. The van der Waals surface area contributed by atoms with Crippen molar-refractivity contribution in [3.05, 3.63) is 89.6 Å². The second kappa shape index (κ2) is 10.2. The van der Waals surface area contributed by atoms with E-state index in [9.17, 15) is 22.4 Å². The van der Waals surface area contributed by atoms with Gasteiger partial charge in [-0.05, 0) is 30.3 Å². The molecule has 0 saturated carbocycles. The SMILES string of the molecule is CS(=O)(=O)N(CC(=O)Nc1ccccc1C(=O)NCc1ccco1)Cc1ccccc1F. The molecular weight excluding hydrogens is 437 g/mol. The maximum absolute atomic E-state index is 14.0. The summed E-state index contributed by atoms with van der Waals surface area (Å²) in [5.41, 5.74) is 0.560. The maximum atomic E-state index is 14.0. The molecule has 0 unspecified atom stereocenters. The van der Waals surface area contributed by atoms with Gasteiger partial charge in [-0.25, -0.2) is 12.8 Å². The largest absolute Gasteiger partial charge is 0.467 e. The molecule has 2 amide bonds. The fraction of sp³-hybridized carbons (Fsp3) is 0.182. The lowest BCUT2D eigenvalue weighted by molar-refractivity contribution is -0.116. The van der Waals surface area contributed by atoms with Gasteiger partial charge in [-0.1, -0.05) is 30.3 Å². The van der Waals surface area contributed by atoms with E-state index in [0.29, 0.717) is 5.76 Å². The molecule has 2 N–H and O–H groups in total. The van der Waals surface area contributed by atoms with E-state index in [-0.39, 0.29) is 29.9 Å². The van der Waals surface area contributed by atoms with Crippen LogP contribution in [0.3, 0.4) is 0 Å². The molecule has 1 heterocycles. The molecule has 0 aliphatic heterocycles. The maximum Gasteiger partial charge on any atom is 0.253 e. The quantitative estimate of drug-likeness (QED) is 0.512. The summed E-state index contributed by atoms with van der Waals surface area (Å²) in [7, 11) is -3.81. The predicted molar refractivity (Wildman–Crippen MR) is 117 cm³/mol. The lowest BCUT2D eigenvalue weighted by Crippen LogP contribution is -2.37. The Kier molecular flexibility index (Phi) is 7.39. The zero-order valence-electron chi connectivity index (χ0n) is 17.2. The Bertz CT molecular complexity index is 1200. The van der Waals surface area contributed by atoms with E-state index < -0.39 is 34.2 Å². The minimum absolute atomic E-state index is 0.142. The van der Waals surface area contributed by atoms with Crippen LogP contribution >= 0.6 is 0 Å². The molecule has 0 radical (unpaired) electrons. The highest BCUT2D eigenvalue weighted by Gasteiger charge is 2.23. The lowest BCUT2D eigenvalue weighted by Gasteiger charge is -2.20. The van der Waals surface area contributed by atoms with Crippen molar-refractivity contribution >= 4 is 27.5 Å². The highest BCUT2D eigenvalue weighted by molar-refractivity contribution is 7.88. The topological polar surface area (TPSA) is 109 Å². The number of sulfonamides is 1. The summed E-state index contributed by atoms with van der Waals surface area (Å²) in [5.74, 6) is -1.11. The van der Waals surface area contributed by atoms with E-state index >= 15 is 0 Å². The van der Waals surface area contributed by atoms with Gasteiger partial charge in [-0.15, -0.1) is 0 Å². The van der Waals surface area contributed by atoms with Crippen LogP contribution in [0.2, 0.25) is 0 Å². The monoisotopic (exact) mass is 459 g/mol. The molecule has 0 aliphatic carbocycles. The number of carbonyl (C=O) groups is 2. The molecule has 10 heteroatoms. The summed E-state index contributed by atoms with van der Waals surface area (Å²) >= 11 is 0. The van der Waals surface area contributed by atoms with Crippen molar-refractivity contribution < 1.29 is 26.8 Å². The van der Waals surface area contributed by atoms with E-state index in [4.69, 9.17) is 4.42 Å². The molecule has 8 nitrogen and oxygen atoms in total. The van der Waals surface area contributed by atoms with Crippen LogP contribution in [-0.4, -0.2) is 37.3 Å². The third kappa shape index (κ3) is 6.25. The van der Waals surface area contributed by atoms with Crippen molar-refractivity contribution in [3.63, 3.8) is 0 Å². The van der Waals surface area contributed by atoms with E-state index in [1.807, 2.05) is 0 Å². The second-order valence-electron chi connectivity index (χ2n) is 6.98. The number of hydrogen-bond donors (Lipinski definition) is 2. The van der Waals surface area contributed by atoms with Crippen LogP contribution in [0.4, 0.5) is 10.1 Å². The van der Waals surface area contributed by atoms with Gasteiger partial charge in [0.25, 0.3) is 5.91 Å². The molecular formula is C22H22FN3O5S. The number of para-hydroxylation sites is 1. The van der Waals surface area contributed by atoms with Crippen LogP contribution in [-0.2, 0) is 27.9 Å². The Hall–Kier alpha value is -3.50. The highest BCUT2D eigenvalue weighted by Crippen LogP contribution is 2.17. The molecule has 0 spiro atoms. The zero-order chi connectivity index (χ0) is 23.1. The Morgan fingerprint density at radius 1 is 1.03 bits per heavy atom. The number of nitrogens with zero attached hydrogens (tertiary/aromatic N) is 1. The highest BCUT2D eigenvalue weighted by atomic mass is 32.2. The number of halogens is 1. The first-order valence-electron chi connectivity index (χ1n) is 9.62. The van der Waals surface area contributed by atoms with Gasteiger partial charge in [-0.2, -0.15) is 4.31 Å². The number of amides is 2. The lowest BCUT2D eigenvalue weighted by atomic mass is 10.1. The van der Waals surface area contributed by atoms with Gasteiger partial charge in [0.1, 0.15) is 11.6 Å². The smallest absolute Gasteiger partial charge is 0.253 e. The Morgan fingerprint density at radius 2 is 1.75 bits per heavy atom. The van der Waals surface area contributed by atoms with Gasteiger partial charge in [0, 0.05) is 12.1 Å². The summed E-state index contributed by atoms with van der Waals surface area (Å²) in [6.07, 6.45) is 2.43. The van der Waals surface area contributed by atoms with Crippen LogP contribution in [0.15, 0.2) is 71.3 Å². The summed E-state index contributed by atoms with van der Waals surface area (Å²) < 4.78 is 44.3. The number of anilines is 1. The number of nitrogens with one attached hydrogen (secondary N) is 2. The molecule has 0 fully saturated rings. The minimum Gasteiger partial charge on any atom is -0.467 e. The third-order valence-corrected chi connectivity index (χ3v) is 5.74. The van der Waals surface area contributed by atoms with Gasteiger partial charge in [0.2, 0.25) is 15.9 Å². The first kappa shape index (κ1) is 23.2. The van der Waals surface area contributed by atoms with E-state index in [1.165, 1.54) is 36.6 Å². The van der Waals surface area contributed by atoms with Crippen LogP contribution in [0.25, 0.3) is 0 Å². The normalized spacial score (nSPS) is 11.3. The first-order chi connectivity index (χ1) is 15.2. The summed E-state index contributed by atoms with van der Waals surface area (Å²) in [6, 6.07) is 15.5. The number of hydrogen-bond acceptors (Lipinski definition) is 5. The van der Waals surface area contributed by atoms with Gasteiger partial charge in [0.05, 0.1) is 36.9 Å². The van der Waals surface area contributed by atoms with Crippen LogP contribution in [0, 0.1) is 5.82 Å². The molecule has 0 saturated heterocycles. The van der Waals surface area contributed by atoms with Crippen LogP contribution in [0.1, 0.15) is 21.7 Å². The van der Waals surface area contributed by atoms with Crippen molar-refractivity contribution in [3.8, 4) is 0 Å². The second-order valence-corrected chi connectivity index (χ2v) is 8.96. The molecule has 1 aromatic heterocycles. The molecule has 3 rings (SSSR count). The molecule has 2 aromatic carbocycles. The zero-order valence-corrected chi connectivity index (χ0v) is 18.1. The third-order valence-electron chi connectivity index (χ3n) is 4.54. The number of carbonyl (C=O) groups excluding carboxylic acids is 2. The molecule has 168 valence electrons. The number of rotatable bonds is 9. The average Bonchev–Trinajstić information content (AvgIpc) is 3.26. The van der Waals surface area contributed by atoms with Crippen molar-refractivity contribution in [2.24, 2.45) is 0 Å². The van der Waals surface area contributed by atoms with Crippen LogP contribution < -0.4 is 10.6 Å². The standard InChI is InChI=1S/C22H22FN3O5S/c1-32(29,30)26(14-16-7-2-4-10-19(16)23)15-21(27)25-20-11-5-3-9-18(20)22(28)24-13-17-8-6-12-31-17/h2-12H,13-15H2,1H3,(H,24,28)(H,25,27). The number of benzene rings is 2. The predicted octanol–water partition coefficient (Wildman–Crippen LogP) is 2.75. The Morgan fingerprint density at radius 3 is 2.44 bits per heavy atom. The molecule has 0 aliphatic rings. The molecule has 0 bridgehead atoms. The van der Waals surface area contributed by atoms with E-state index in [0.717, 1.165) is 10.6 Å². The van der Waals surface area contributed by atoms with Crippen LogP contribution in [0.5, 0.6) is 0 Å². The fourth-order valence-electron chi connectivity index (χ4n) is 2.92. The minimum atomic E-state index is -3.81. The first-order valence-corrected chi connectivity index (χ1v) is 11.5. The van der Waals surface area contributed by atoms with Crippen molar-refractivity contribution in [2.75, 3.05) is 18.1 Å². The van der Waals surface area contributed by atoms with Gasteiger partial charge < -0.3 is 15.1 Å². The van der Waals surface area contributed by atoms with Gasteiger partial charge in [0.15, 0.2) is 0 Å². The molecule has 3 aromatic rings.